The van der Waals surface area contributed by atoms with Crippen molar-refractivity contribution in [3.05, 3.63) is 23.8 Å². The average Bonchev–Trinajstić information content (AvgIpc) is 3.18. The van der Waals surface area contributed by atoms with E-state index >= 15 is 0 Å². The molecule has 1 N–H and O–H groups in total. The summed E-state index contributed by atoms with van der Waals surface area (Å²) in [5.74, 6) is 3.56. The topological polar surface area (TPSA) is 47.6 Å². The van der Waals surface area contributed by atoms with E-state index in [1.54, 1.807) is 19.2 Å². The lowest BCUT2D eigenvalue weighted by Gasteiger charge is -2.21. The number of methoxy groups -OCH3 is 1. The minimum atomic E-state index is -0.542. The number of carbonyl (C=O) groups excluding carboxylic acids is 1. The molecule has 2 rings (SSSR count). The summed E-state index contributed by atoms with van der Waals surface area (Å²) in [5.41, 5.74) is 0.759. The second kappa shape index (κ2) is 5.33. The molecule has 0 aliphatic heterocycles. The van der Waals surface area contributed by atoms with Gasteiger partial charge in [0.15, 0.2) is 0 Å². The largest absolute Gasteiger partial charge is 0.497 e. The minimum Gasteiger partial charge on any atom is -0.497 e. The Morgan fingerprint density at radius 1 is 1.38 bits per heavy atom. The van der Waals surface area contributed by atoms with Crippen LogP contribution in [0.25, 0.3) is 0 Å². The van der Waals surface area contributed by atoms with E-state index in [2.05, 4.69) is 11.2 Å². The maximum Gasteiger partial charge on any atom is 0.412 e. The molecule has 1 saturated carbocycles. The second-order valence-corrected chi connectivity index (χ2v) is 6.26. The fraction of sp³-hybridized carbons (Fsp3) is 0.471. The van der Waals surface area contributed by atoms with E-state index < -0.39 is 11.7 Å². The van der Waals surface area contributed by atoms with E-state index in [0.29, 0.717) is 5.69 Å². The summed E-state index contributed by atoms with van der Waals surface area (Å²) in [6.45, 7) is 5.47. The van der Waals surface area contributed by atoms with Crippen LogP contribution in [0.15, 0.2) is 18.2 Å². The molecule has 0 bridgehead atoms. The summed E-state index contributed by atoms with van der Waals surface area (Å²) in [4.78, 5) is 12.0. The number of nitrogens with one attached hydrogen (secondary N) is 1. The van der Waals surface area contributed by atoms with Crippen LogP contribution in [0, 0.1) is 12.3 Å². The molecule has 0 unspecified atom stereocenters. The van der Waals surface area contributed by atoms with Gasteiger partial charge in [-0.05, 0) is 57.4 Å². The van der Waals surface area contributed by atoms with Gasteiger partial charge in [0.1, 0.15) is 11.4 Å². The normalized spacial score (nSPS) is 15.8. The molecule has 112 valence electrons. The Kier molecular flexibility index (Phi) is 3.87. The summed E-state index contributed by atoms with van der Waals surface area (Å²) in [6.07, 6.45) is 7.01. The molecular weight excluding hydrogens is 266 g/mol. The number of anilines is 1. The van der Waals surface area contributed by atoms with Crippen molar-refractivity contribution in [3.63, 3.8) is 0 Å². The van der Waals surface area contributed by atoms with Crippen molar-refractivity contribution >= 4 is 11.8 Å². The molecule has 0 saturated heterocycles. The quantitative estimate of drug-likeness (QED) is 0.862. The lowest BCUT2D eigenvalue weighted by atomic mass is 9.95. The number of rotatable bonds is 3. The van der Waals surface area contributed by atoms with E-state index in [1.807, 2.05) is 26.8 Å². The predicted molar refractivity (Wildman–Crippen MR) is 82.6 cm³/mol. The van der Waals surface area contributed by atoms with Crippen LogP contribution in [-0.2, 0) is 10.2 Å². The smallest absolute Gasteiger partial charge is 0.412 e. The van der Waals surface area contributed by atoms with Gasteiger partial charge in [0.25, 0.3) is 0 Å². The molecule has 0 atom stereocenters. The molecule has 1 amide bonds. The van der Waals surface area contributed by atoms with Crippen molar-refractivity contribution in [2.45, 2.75) is 44.6 Å². The highest BCUT2D eigenvalue weighted by atomic mass is 16.6. The average molecular weight is 287 g/mol. The van der Waals surface area contributed by atoms with Gasteiger partial charge in [-0.25, -0.2) is 4.79 Å². The van der Waals surface area contributed by atoms with Crippen molar-refractivity contribution in [2.24, 2.45) is 0 Å². The third-order valence-corrected chi connectivity index (χ3v) is 3.40. The molecule has 0 heterocycles. The fourth-order valence-electron chi connectivity index (χ4n) is 2.19. The Hall–Kier alpha value is -2.15. The van der Waals surface area contributed by atoms with Crippen molar-refractivity contribution in [2.75, 3.05) is 12.4 Å². The van der Waals surface area contributed by atoms with E-state index in [-0.39, 0.29) is 5.41 Å². The molecule has 0 aromatic heterocycles. The Morgan fingerprint density at radius 2 is 2.05 bits per heavy atom. The summed E-state index contributed by atoms with van der Waals surface area (Å²) < 4.78 is 10.5. The number of hydrogen-bond donors (Lipinski definition) is 1. The van der Waals surface area contributed by atoms with Crippen LogP contribution in [0.5, 0.6) is 5.75 Å². The van der Waals surface area contributed by atoms with Gasteiger partial charge in [0.2, 0.25) is 0 Å². The van der Waals surface area contributed by atoms with Crippen LogP contribution in [0.4, 0.5) is 10.5 Å². The summed E-state index contributed by atoms with van der Waals surface area (Å²) >= 11 is 0. The number of amides is 1. The SMILES string of the molecule is C#CC1(c2cc(OC)ccc2NC(=O)OC(C)(C)C)CC1. The minimum absolute atomic E-state index is 0.293. The summed E-state index contributed by atoms with van der Waals surface area (Å²) in [7, 11) is 1.61. The fourth-order valence-corrected chi connectivity index (χ4v) is 2.19. The van der Waals surface area contributed by atoms with Gasteiger partial charge >= 0.3 is 6.09 Å². The number of ether oxygens (including phenoxy) is 2. The third kappa shape index (κ3) is 3.49. The summed E-state index contributed by atoms with van der Waals surface area (Å²) in [6, 6.07) is 5.48. The van der Waals surface area contributed by atoms with E-state index in [0.717, 1.165) is 24.2 Å². The first-order chi connectivity index (χ1) is 9.79. The van der Waals surface area contributed by atoms with Gasteiger partial charge in [-0.2, -0.15) is 0 Å². The zero-order valence-electron chi connectivity index (χ0n) is 12.9. The molecular formula is C17H21NO3. The first-order valence-electron chi connectivity index (χ1n) is 6.96. The molecule has 21 heavy (non-hydrogen) atoms. The molecule has 1 fully saturated rings. The Balaban J connectivity index is 2.28. The van der Waals surface area contributed by atoms with Gasteiger partial charge in [0.05, 0.1) is 12.5 Å². The number of benzene rings is 1. The van der Waals surface area contributed by atoms with Gasteiger partial charge in [-0.1, -0.05) is 5.92 Å². The molecule has 4 heteroatoms. The van der Waals surface area contributed by atoms with E-state index in [4.69, 9.17) is 15.9 Å². The number of hydrogen-bond acceptors (Lipinski definition) is 3. The van der Waals surface area contributed by atoms with Gasteiger partial charge < -0.3 is 9.47 Å². The zero-order chi connectivity index (χ0) is 15.7. The lowest BCUT2D eigenvalue weighted by molar-refractivity contribution is 0.0635. The van der Waals surface area contributed by atoms with Crippen molar-refractivity contribution in [1.29, 1.82) is 0 Å². The predicted octanol–water partition coefficient (Wildman–Crippen LogP) is 3.71. The summed E-state index contributed by atoms with van der Waals surface area (Å²) in [5, 5.41) is 2.79. The highest BCUT2D eigenvalue weighted by Gasteiger charge is 2.44. The first-order valence-corrected chi connectivity index (χ1v) is 6.96. The van der Waals surface area contributed by atoms with Crippen LogP contribution in [-0.4, -0.2) is 18.8 Å². The van der Waals surface area contributed by atoms with Gasteiger partial charge in [0, 0.05) is 5.69 Å². The van der Waals surface area contributed by atoms with Crippen LogP contribution in [0.2, 0.25) is 0 Å². The Morgan fingerprint density at radius 3 is 2.52 bits per heavy atom. The van der Waals surface area contributed by atoms with Gasteiger partial charge in [-0.15, -0.1) is 6.42 Å². The maximum atomic E-state index is 12.0. The van der Waals surface area contributed by atoms with E-state index in [9.17, 15) is 4.79 Å². The standard InChI is InChI=1S/C17H21NO3/c1-6-17(9-10-17)13-11-12(20-5)7-8-14(13)18-15(19)21-16(2,3)4/h1,7-8,11H,9-10H2,2-5H3,(H,18,19). The van der Waals surface area contributed by atoms with Crippen molar-refractivity contribution in [1.82, 2.24) is 0 Å². The highest BCUT2D eigenvalue weighted by molar-refractivity contribution is 5.87. The zero-order valence-corrected chi connectivity index (χ0v) is 12.9. The molecule has 1 aromatic rings. The molecule has 0 radical (unpaired) electrons. The van der Waals surface area contributed by atoms with E-state index in [1.165, 1.54) is 0 Å². The maximum absolute atomic E-state index is 12.0. The van der Waals surface area contributed by atoms with Crippen LogP contribution < -0.4 is 10.1 Å². The van der Waals surface area contributed by atoms with Crippen molar-refractivity contribution in [3.8, 4) is 18.1 Å². The first kappa shape index (κ1) is 15.2. The molecule has 1 aromatic carbocycles. The van der Waals surface area contributed by atoms with Crippen LogP contribution in [0.3, 0.4) is 0 Å². The Bertz CT molecular complexity index is 589. The monoisotopic (exact) mass is 287 g/mol. The molecule has 1 aliphatic rings. The molecule has 0 spiro atoms. The Labute approximate surface area is 125 Å². The second-order valence-electron chi connectivity index (χ2n) is 6.26. The van der Waals surface area contributed by atoms with Crippen LogP contribution in [0.1, 0.15) is 39.2 Å². The highest BCUT2D eigenvalue weighted by Crippen LogP contribution is 2.51. The van der Waals surface area contributed by atoms with Gasteiger partial charge in [-0.3, -0.25) is 5.32 Å². The molecule has 1 aliphatic carbocycles. The number of terminal acetylenes is 1. The lowest BCUT2D eigenvalue weighted by Crippen LogP contribution is -2.28. The number of carbonyl (C=O) groups is 1. The molecule has 4 nitrogen and oxygen atoms in total. The third-order valence-electron chi connectivity index (χ3n) is 3.40. The van der Waals surface area contributed by atoms with Crippen LogP contribution >= 0.6 is 0 Å². The van der Waals surface area contributed by atoms with Crippen molar-refractivity contribution < 1.29 is 14.3 Å².